The maximum absolute atomic E-state index is 10.3. The van der Waals surface area contributed by atoms with E-state index in [2.05, 4.69) is 23.5 Å². The van der Waals surface area contributed by atoms with E-state index >= 15 is 0 Å². The topological polar surface area (TPSA) is 196 Å². The summed E-state index contributed by atoms with van der Waals surface area (Å²) in [5.41, 5.74) is 7.30. The van der Waals surface area contributed by atoms with Gasteiger partial charge in [0, 0.05) is 16.3 Å². The molecule has 0 bridgehead atoms. The van der Waals surface area contributed by atoms with Crippen LogP contribution in [0.5, 0.6) is 0 Å². The van der Waals surface area contributed by atoms with Crippen molar-refractivity contribution in [2.45, 2.75) is 37.8 Å². The van der Waals surface area contributed by atoms with Crippen LogP contribution in [-0.2, 0) is 33.8 Å². The van der Waals surface area contributed by atoms with Crippen LogP contribution < -0.4 is 11.1 Å². The fourth-order valence-electron chi connectivity index (χ4n) is 4.08. The molecular weight excluding hydrogens is 496 g/mol. The molecule has 11 heteroatoms. The third-order valence-corrected chi connectivity index (χ3v) is 5.88. The van der Waals surface area contributed by atoms with Crippen molar-refractivity contribution in [2.24, 2.45) is 5.73 Å². The molecule has 2 aromatic heterocycles. The van der Waals surface area contributed by atoms with E-state index in [1.54, 1.807) is 6.26 Å². The molecule has 0 aliphatic carbocycles. The van der Waals surface area contributed by atoms with E-state index in [0.717, 1.165) is 42.9 Å². The normalized spacial score (nSPS) is 12.6. The van der Waals surface area contributed by atoms with Crippen molar-refractivity contribution in [3.05, 3.63) is 71.7 Å². The lowest BCUT2D eigenvalue weighted by Crippen LogP contribution is -2.42. The molecule has 38 heavy (non-hydrogen) atoms. The Bertz CT molecular complexity index is 1390. The summed E-state index contributed by atoms with van der Waals surface area (Å²) in [5.74, 6) is -3.90. The summed E-state index contributed by atoms with van der Waals surface area (Å²) in [4.78, 5) is 30.5. The maximum Gasteiger partial charge on any atom is 0.336 e. The zero-order valence-electron chi connectivity index (χ0n) is 20.6. The highest BCUT2D eigenvalue weighted by atomic mass is 16.4. The number of hydrogen-bond donors (Lipinski definition) is 6. The SMILES string of the molecule is NCCc1coc2ccccc12.O=C(O)CC(O)(CC(=O)O)C(=O)O.c1ccc2c3c(oc2c1)CNCC3. The largest absolute Gasteiger partial charge is 0.481 e. The number of para-hydroxylation sites is 2. The smallest absolute Gasteiger partial charge is 0.336 e. The summed E-state index contributed by atoms with van der Waals surface area (Å²) >= 11 is 0. The number of carbonyl (C=O) groups is 3. The molecular formula is C27H30N2O9. The molecule has 5 rings (SSSR count). The lowest BCUT2D eigenvalue weighted by molar-refractivity contribution is -0.170. The van der Waals surface area contributed by atoms with Gasteiger partial charge in [-0.05, 0) is 43.6 Å². The predicted octanol–water partition coefficient (Wildman–Crippen LogP) is 2.76. The Morgan fingerprint density at radius 3 is 2.13 bits per heavy atom. The van der Waals surface area contributed by atoms with Crippen LogP contribution >= 0.6 is 0 Å². The second kappa shape index (κ2) is 12.9. The van der Waals surface area contributed by atoms with Gasteiger partial charge in [0.2, 0.25) is 0 Å². The van der Waals surface area contributed by atoms with Gasteiger partial charge < -0.3 is 40.3 Å². The number of carboxylic acid groups (broad SMARTS) is 3. The van der Waals surface area contributed by atoms with E-state index in [0.29, 0.717) is 6.54 Å². The standard InChI is InChI=1S/C11H11NO.C10H11NO.C6H8O7/c1-2-4-10-8(3-1)9-5-6-12-7-11(9)13-10;11-6-5-8-7-12-10-4-2-1-3-9(8)10;7-3(8)1-6(13,5(11)12)2-4(9)10/h1-4,12H,5-7H2;1-4,7H,5-6,11H2;13H,1-2H2,(H,7,8)(H,9,10)(H,11,12). The first-order chi connectivity index (χ1) is 18.1. The molecule has 0 spiro atoms. The van der Waals surface area contributed by atoms with Crippen LogP contribution in [0.15, 0.2) is 63.6 Å². The summed E-state index contributed by atoms with van der Waals surface area (Å²) in [6.07, 6.45) is 1.48. The number of furan rings is 2. The van der Waals surface area contributed by atoms with Crippen molar-refractivity contribution in [1.82, 2.24) is 5.32 Å². The average Bonchev–Trinajstić information content (AvgIpc) is 3.45. The quantitative estimate of drug-likeness (QED) is 0.207. The Morgan fingerprint density at radius 2 is 1.53 bits per heavy atom. The molecule has 7 N–H and O–H groups in total. The van der Waals surface area contributed by atoms with Gasteiger partial charge in [0.25, 0.3) is 0 Å². The lowest BCUT2D eigenvalue weighted by atomic mass is 9.96. The van der Waals surface area contributed by atoms with Gasteiger partial charge in [0.15, 0.2) is 5.60 Å². The molecule has 0 radical (unpaired) electrons. The highest BCUT2D eigenvalue weighted by Crippen LogP contribution is 2.27. The number of nitrogens with one attached hydrogen (secondary N) is 1. The van der Waals surface area contributed by atoms with Crippen LogP contribution in [0.1, 0.15) is 29.7 Å². The number of rotatable bonds is 7. The van der Waals surface area contributed by atoms with Crippen molar-refractivity contribution in [3.8, 4) is 0 Å². The molecule has 0 saturated carbocycles. The fourth-order valence-corrected chi connectivity index (χ4v) is 4.08. The summed E-state index contributed by atoms with van der Waals surface area (Å²) in [7, 11) is 0. The minimum atomic E-state index is -2.74. The van der Waals surface area contributed by atoms with E-state index in [9.17, 15) is 14.4 Å². The minimum absolute atomic E-state index is 0.670. The Labute approximate surface area is 217 Å². The van der Waals surface area contributed by atoms with Crippen molar-refractivity contribution in [1.29, 1.82) is 0 Å². The molecule has 1 aliphatic heterocycles. The van der Waals surface area contributed by atoms with Crippen LogP contribution in [-0.4, -0.2) is 57.0 Å². The first kappa shape index (κ1) is 28.4. The van der Waals surface area contributed by atoms with Gasteiger partial charge in [0.05, 0.1) is 25.6 Å². The molecule has 2 aromatic carbocycles. The van der Waals surface area contributed by atoms with E-state index in [4.69, 9.17) is 35.0 Å². The Balaban J connectivity index is 0.000000158. The fraction of sp³-hybridized carbons (Fsp3) is 0.296. The third-order valence-electron chi connectivity index (χ3n) is 5.88. The van der Waals surface area contributed by atoms with E-state index in [-0.39, 0.29) is 0 Å². The molecule has 1 aliphatic rings. The van der Waals surface area contributed by atoms with E-state index < -0.39 is 36.4 Å². The molecule has 0 fully saturated rings. The highest BCUT2D eigenvalue weighted by Gasteiger charge is 2.40. The van der Waals surface area contributed by atoms with Gasteiger partial charge in [0.1, 0.15) is 16.9 Å². The molecule has 0 atom stereocenters. The van der Waals surface area contributed by atoms with Gasteiger partial charge in [-0.1, -0.05) is 36.4 Å². The Kier molecular flexibility index (Phi) is 9.61. The number of benzene rings is 2. The van der Waals surface area contributed by atoms with Crippen LogP contribution in [0.3, 0.4) is 0 Å². The minimum Gasteiger partial charge on any atom is -0.481 e. The van der Waals surface area contributed by atoms with Crippen molar-refractivity contribution in [3.63, 3.8) is 0 Å². The molecule has 0 saturated heterocycles. The number of fused-ring (bicyclic) bond motifs is 4. The van der Waals surface area contributed by atoms with Crippen LogP contribution in [0, 0.1) is 0 Å². The predicted molar refractivity (Wildman–Crippen MR) is 138 cm³/mol. The van der Waals surface area contributed by atoms with Crippen LogP contribution in [0.2, 0.25) is 0 Å². The molecule has 11 nitrogen and oxygen atoms in total. The highest BCUT2D eigenvalue weighted by molar-refractivity contribution is 5.88. The molecule has 3 heterocycles. The number of hydrogen-bond acceptors (Lipinski definition) is 8. The van der Waals surface area contributed by atoms with Gasteiger partial charge in [-0.15, -0.1) is 0 Å². The molecule has 4 aromatic rings. The summed E-state index contributed by atoms with van der Waals surface area (Å²) in [6, 6.07) is 16.3. The van der Waals surface area contributed by atoms with E-state index in [1.807, 2.05) is 30.3 Å². The zero-order valence-corrected chi connectivity index (χ0v) is 20.6. The summed E-state index contributed by atoms with van der Waals surface area (Å²) < 4.78 is 11.1. The second-order valence-electron chi connectivity index (χ2n) is 8.70. The van der Waals surface area contributed by atoms with Crippen molar-refractivity contribution < 1.29 is 43.6 Å². The number of nitrogens with two attached hydrogens (primary N) is 1. The second-order valence-corrected chi connectivity index (χ2v) is 8.70. The first-order valence-corrected chi connectivity index (χ1v) is 11.9. The first-order valence-electron chi connectivity index (χ1n) is 11.9. The van der Waals surface area contributed by atoms with Crippen molar-refractivity contribution in [2.75, 3.05) is 13.1 Å². The Hall–Kier alpha value is -4.19. The lowest BCUT2D eigenvalue weighted by Gasteiger charge is -2.18. The number of carboxylic acids is 3. The average molecular weight is 527 g/mol. The zero-order chi connectivity index (χ0) is 27.7. The summed E-state index contributed by atoms with van der Waals surface area (Å²) in [6.45, 7) is 2.62. The number of aliphatic carboxylic acids is 3. The third kappa shape index (κ3) is 7.19. The van der Waals surface area contributed by atoms with Crippen LogP contribution in [0.4, 0.5) is 0 Å². The summed E-state index contributed by atoms with van der Waals surface area (Å²) in [5, 5.41) is 39.6. The van der Waals surface area contributed by atoms with Gasteiger partial charge in [-0.25, -0.2) is 4.79 Å². The van der Waals surface area contributed by atoms with Crippen molar-refractivity contribution >= 4 is 39.8 Å². The maximum atomic E-state index is 10.3. The molecule has 202 valence electrons. The monoisotopic (exact) mass is 526 g/mol. The van der Waals surface area contributed by atoms with Gasteiger partial charge in [-0.3, -0.25) is 9.59 Å². The molecule has 0 unspecified atom stereocenters. The van der Waals surface area contributed by atoms with Gasteiger partial charge in [-0.2, -0.15) is 0 Å². The van der Waals surface area contributed by atoms with E-state index in [1.165, 1.54) is 21.9 Å². The Morgan fingerprint density at radius 1 is 0.921 bits per heavy atom. The van der Waals surface area contributed by atoms with Gasteiger partial charge >= 0.3 is 17.9 Å². The molecule has 0 amide bonds. The number of aliphatic hydroxyl groups is 1. The van der Waals surface area contributed by atoms with Crippen LogP contribution in [0.25, 0.3) is 21.9 Å².